The van der Waals surface area contributed by atoms with Gasteiger partial charge < -0.3 is 50.7 Å². The van der Waals surface area contributed by atoms with Gasteiger partial charge in [0.1, 0.15) is 36.3 Å². The highest BCUT2D eigenvalue weighted by molar-refractivity contribution is 6.06. The van der Waals surface area contributed by atoms with Gasteiger partial charge in [-0.3, -0.25) is 38.4 Å². The maximum absolute atomic E-state index is 14.3. The van der Waals surface area contributed by atoms with E-state index in [4.69, 9.17) is 4.74 Å². The van der Waals surface area contributed by atoms with Crippen LogP contribution in [-0.4, -0.2) is 168 Å². The molecule has 0 heterocycles. The second-order valence-electron chi connectivity index (χ2n) is 17.7. The van der Waals surface area contributed by atoms with Crippen molar-refractivity contribution in [2.24, 2.45) is 17.8 Å². The smallest absolute Gasteiger partial charge is 0.338 e. The minimum absolute atomic E-state index is 0.0424. The molecular weight excluding hydrogens is 793 g/mol. The standard InChI is InChI=1S/C42H76N8O11/c1-18-19-31(51)50(16)33(41(59)61-17)40(58)49(15)30(22-42(10,11)60)37(55)46-32(25(6)7)39(57)48(14)29(21-24(4)5)36(54)44-26(8)34(52)45-27(9)38(56)47(13)28(20-23(2)3)35(53)43-12/h23-30,32-33,60H,18-22H2,1-17H3,(H,43,53)(H,44,54)(H,45,52)(H,46,55)/t26-,27-,28+,29+,30+,32+,33?/m1/s1. The van der Waals surface area contributed by atoms with Crippen LogP contribution in [0.5, 0.6) is 0 Å². The van der Waals surface area contributed by atoms with Crippen molar-refractivity contribution in [1.29, 1.82) is 0 Å². The summed E-state index contributed by atoms with van der Waals surface area (Å²) in [6, 6.07) is -8.52. The molecule has 5 N–H and O–H groups in total. The predicted octanol–water partition coefficient (Wildman–Crippen LogP) is 0.417. The van der Waals surface area contributed by atoms with Gasteiger partial charge in [-0.15, -0.1) is 0 Å². The van der Waals surface area contributed by atoms with Gasteiger partial charge in [0.25, 0.3) is 5.91 Å². The topological polar surface area (TPSA) is 244 Å². The van der Waals surface area contributed by atoms with Crippen LogP contribution in [0.3, 0.4) is 0 Å². The molecule has 7 atom stereocenters. The van der Waals surface area contributed by atoms with E-state index in [9.17, 15) is 48.3 Å². The van der Waals surface area contributed by atoms with Crippen LogP contribution in [0.1, 0.15) is 108 Å². The molecule has 1 unspecified atom stereocenters. The molecule has 0 spiro atoms. The first-order valence-electron chi connectivity index (χ1n) is 21.0. The monoisotopic (exact) mass is 869 g/mol. The van der Waals surface area contributed by atoms with Crippen molar-refractivity contribution in [3.63, 3.8) is 0 Å². The number of likely N-dealkylation sites (N-methyl/N-ethyl adjacent to an activating group) is 5. The molecular formula is C42H76N8O11. The van der Waals surface area contributed by atoms with E-state index >= 15 is 0 Å². The van der Waals surface area contributed by atoms with Crippen molar-refractivity contribution in [3.05, 3.63) is 0 Å². The summed E-state index contributed by atoms with van der Waals surface area (Å²) in [5.74, 6) is -6.78. The molecule has 0 aromatic heterocycles. The number of methoxy groups -OCH3 is 1. The summed E-state index contributed by atoms with van der Waals surface area (Å²) in [6.45, 7) is 18.4. The number of rotatable bonds is 24. The van der Waals surface area contributed by atoms with Gasteiger partial charge in [-0.2, -0.15) is 0 Å². The van der Waals surface area contributed by atoms with E-state index in [0.717, 1.165) is 16.9 Å². The molecule has 19 nitrogen and oxygen atoms in total. The molecule has 0 fully saturated rings. The lowest BCUT2D eigenvalue weighted by atomic mass is 9.95. The number of aliphatic hydroxyl groups is 1. The summed E-state index contributed by atoms with van der Waals surface area (Å²) < 4.78 is 4.83. The van der Waals surface area contributed by atoms with Gasteiger partial charge in [0.2, 0.25) is 47.4 Å². The van der Waals surface area contributed by atoms with E-state index in [0.29, 0.717) is 12.8 Å². The molecule has 0 aliphatic heterocycles. The number of hydrogen-bond donors (Lipinski definition) is 5. The SMILES string of the molecule is CCCC(=O)N(C)C(C(=O)OC)C(=O)N(C)[C@@H](CC(C)(C)O)C(=O)N[C@H](C(=O)N(C)[C@@H](CC(C)C)C(=O)N[C@H](C)C(=O)N[C@H](C)C(=O)N(C)[C@@H](CC(C)C)C(=O)NC)C(C)C. The molecule has 0 saturated carbocycles. The largest absolute Gasteiger partial charge is 0.467 e. The first kappa shape index (κ1) is 56.2. The quantitative estimate of drug-likeness (QED) is 0.0658. The van der Waals surface area contributed by atoms with E-state index in [1.807, 2.05) is 27.7 Å². The average Bonchev–Trinajstić information content (AvgIpc) is 3.17. The highest BCUT2D eigenvalue weighted by Gasteiger charge is 2.43. The molecule has 0 aromatic carbocycles. The van der Waals surface area contributed by atoms with Crippen LogP contribution in [0.4, 0.5) is 0 Å². The van der Waals surface area contributed by atoms with Crippen LogP contribution in [0, 0.1) is 17.8 Å². The third kappa shape index (κ3) is 17.2. The molecule has 0 rings (SSSR count). The highest BCUT2D eigenvalue weighted by Crippen LogP contribution is 2.20. The lowest BCUT2D eigenvalue weighted by molar-refractivity contribution is -0.161. The van der Waals surface area contributed by atoms with Gasteiger partial charge in [-0.1, -0.05) is 48.5 Å². The Morgan fingerprint density at radius 2 is 1.05 bits per heavy atom. The molecule has 0 aliphatic carbocycles. The van der Waals surface area contributed by atoms with Crippen LogP contribution in [0.2, 0.25) is 0 Å². The molecule has 0 radical (unpaired) electrons. The Bertz CT molecular complexity index is 1550. The van der Waals surface area contributed by atoms with Crippen LogP contribution in [0.25, 0.3) is 0 Å². The number of hydrogen-bond acceptors (Lipinski definition) is 11. The van der Waals surface area contributed by atoms with Crippen molar-refractivity contribution >= 4 is 53.2 Å². The lowest BCUT2D eigenvalue weighted by Gasteiger charge is -2.37. The number of ether oxygens (including phenoxy) is 1. The van der Waals surface area contributed by atoms with E-state index in [1.165, 1.54) is 72.7 Å². The average molecular weight is 869 g/mol. The number of nitrogens with one attached hydrogen (secondary N) is 4. The second kappa shape index (κ2) is 25.2. The molecule has 61 heavy (non-hydrogen) atoms. The number of carbonyl (C=O) groups is 9. The van der Waals surface area contributed by atoms with Crippen LogP contribution >= 0.6 is 0 Å². The van der Waals surface area contributed by atoms with Gasteiger partial charge in [0, 0.05) is 48.1 Å². The molecule has 0 aromatic rings. The molecule has 0 saturated heterocycles. The lowest BCUT2D eigenvalue weighted by Crippen LogP contribution is -2.62. The van der Waals surface area contributed by atoms with Crippen molar-refractivity contribution in [1.82, 2.24) is 40.9 Å². The zero-order valence-corrected chi connectivity index (χ0v) is 39.6. The number of esters is 1. The normalized spacial score (nSPS) is 15.0. The Morgan fingerprint density at radius 1 is 0.607 bits per heavy atom. The highest BCUT2D eigenvalue weighted by atomic mass is 16.5. The summed E-state index contributed by atoms with van der Waals surface area (Å²) >= 11 is 0. The Hall–Kier alpha value is -4.81. The molecule has 8 amide bonds. The Morgan fingerprint density at radius 3 is 1.48 bits per heavy atom. The maximum Gasteiger partial charge on any atom is 0.338 e. The van der Waals surface area contributed by atoms with Crippen LogP contribution in [0.15, 0.2) is 0 Å². The number of nitrogens with zero attached hydrogens (tertiary/aromatic N) is 4. The van der Waals surface area contributed by atoms with Gasteiger partial charge in [0.15, 0.2) is 0 Å². The Kier molecular flexibility index (Phi) is 23.2. The summed E-state index contributed by atoms with van der Waals surface area (Å²) in [7, 11) is 7.93. The molecule has 0 bridgehead atoms. The minimum atomic E-state index is -1.74. The predicted molar refractivity (Wildman–Crippen MR) is 229 cm³/mol. The van der Waals surface area contributed by atoms with Crippen LogP contribution in [-0.2, 0) is 47.9 Å². The van der Waals surface area contributed by atoms with E-state index < -0.39 is 101 Å². The zero-order valence-electron chi connectivity index (χ0n) is 39.6. The summed E-state index contributed by atoms with van der Waals surface area (Å²) in [6.07, 6.45) is 0.715. The van der Waals surface area contributed by atoms with Crippen LogP contribution < -0.4 is 21.3 Å². The molecule has 0 aliphatic rings. The first-order chi connectivity index (χ1) is 28.0. The Balaban J connectivity index is 6.46. The Labute approximate surface area is 362 Å². The fourth-order valence-electron chi connectivity index (χ4n) is 6.61. The number of amides is 8. The summed E-state index contributed by atoms with van der Waals surface area (Å²) in [4.78, 5) is 125. The minimum Gasteiger partial charge on any atom is -0.467 e. The van der Waals surface area contributed by atoms with E-state index in [2.05, 4.69) is 21.3 Å². The van der Waals surface area contributed by atoms with Crippen molar-refractivity contribution < 1.29 is 53.0 Å². The molecule has 19 heteroatoms. The van der Waals surface area contributed by atoms with Crippen molar-refractivity contribution in [2.45, 2.75) is 156 Å². The fourth-order valence-corrected chi connectivity index (χ4v) is 6.61. The van der Waals surface area contributed by atoms with E-state index in [-0.39, 0.29) is 37.0 Å². The number of carbonyl (C=O) groups excluding carboxylic acids is 9. The van der Waals surface area contributed by atoms with Gasteiger partial charge in [-0.25, -0.2) is 4.79 Å². The third-order valence-corrected chi connectivity index (χ3v) is 10.3. The van der Waals surface area contributed by atoms with Gasteiger partial charge in [-0.05, 0) is 64.7 Å². The van der Waals surface area contributed by atoms with Crippen molar-refractivity contribution in [2.75, 3.05) is 42.3 Å². The van der Waals surface area contributed by atoms with E-state index in [1.54, 1.807) is 20.8 Å². The maximum atomic E-state index is 14.3. The first-order valence-corrected chi connectivity index (χ1v) is 21.0. The summed E-state index contributed by atoms with van der Waals surface area (Å²) in [5.41, 5.74) is -1.53. The van der Waals surface area contributed by atoms with Gasteiger partial charge in [0.05, 0.1) is 12.7 Å². The molecule has 350 valence electrons. The summed E-state index contributed by atoms with van der Waals surface area (Å²) in [5, 5.41) is 21.3. The zero-order chi connectivity index (χ0) is 47.9. The van der Waals surface area contributed by atoms with Gasteiger partial charge >= 0.3 is 5.97 Å². The third-order valence-electron chi connectivity index (χ3n) is 10.3. The van der Waals surface area contributed by atoms with Crippen molar-refractivity contribution in [3.8, 4) is 0 Å². The fraction of sp³-hybridized carbons (Fsp3) is 0.786. The second-order valence-corrected chi connectivity index (χ2v) is 17.7.